The molecule has 1 aromatic heterocycles. The van der Waals surface area contributed by atoms with Crippen molar-refractivity contribution in [3.63, 3.8) is 0 Å². The molecule has 0 radical (unpaired) electrons. The van der Waals surface area contributed by atoms with E-state index < -0.39 is 0 Å². The molecule has 4 aromatic rings. The minimum Gasteiger partial charge on any atom is -0.368 e. The van der Waals surface area contributed by atoms with Gasteiger partial charge in [0.25, 0.3) is 0 Å². The Hall–Kier alpha value is -3.65. The Morgan fingerprint density at radius 3 is 2.17 bits per heavy atom. The summed E-state index contributed by atoms with van der Waals surface area (Å²) < 4.78 is 15.5. The third-order valence-corrected chi connectivity index (χ3v) is 7.03. The van der Waals surface area contributed by atoms with Crippen LogP contribution in [0.1, 0.15) is 5.56 Å². The van der Waals surface area contributed by atoms with Crippen LogP contribution < -0.4 is 4.90 Å². The van der Waals surface area contributed by atoms with Crippen molar-refractivity contribution in [2.45, 2.75) is 11.7 Å². The first-order valence-electron chi connectivity index (χ1n) is 11.6. The van der Waals surface area contributed by atoms with E-state index in [-0.39, 0.29) is 11.7 Å². The largest absolute Gasteiger partial charge is 0.368 e. The topological polar surface area (TPSA) is 54.3 Å². The summed E-state index contributed by atoms with van der Waals surface area (Å²) in [5.41, 5.74) is 3.07. The van der Waals surface area contributed by atoms with E-state index in [9.17, 15) is 9.18 Å². The number of halogens is 1. The van der Waals surface area contributed by atoms with Crippen LogP contribution in [-0.2, 0) is 11.3 Å². The smallest absolute Gasteiger partial charge is 0.233 e. The maximum Gasteiger partial charge on any atom is 0.233 e. The van der Waals surface area contributed by atoms with E-state index in [1.807, 2.05) is 58.0 Å². The monoisotopic (exact) mass is 487 g/mol. The number of thioether (sulfide) groups is 1. The molecule has 3 aromatic carbocycles. The molecule has 0 atom stereocenters. The number of piperazine rings is 1. The predicted octanol–water partition coefficient (Wildman–Crippen LogP) is 4.57. The van der Waals surface area contributed by atoms with Crippen molar-refractivity contribution in [1.82, 2.24) is 19.7 Å². The Kier molecular flexibility index (Phi) is 7.09. The molecule has 1 amide bonds. The van der Waals surface area contributed by atoms with Crippen LogP contribution in [0.3, 0.4) is 0 Å². The van der Waals surface area contributed by atoms with Crippen LogP contribution in [0, 0.1) is 5.82 Å². The molecule has 1 aliphatic rings. The zero-order valence-corrected chi connectivity index (χ0v) is 20.1. The highest BCUT2D eigenvalue weighted by Crippen LogP contribution is 2.26. The van der Waals surface area contributed by atoms with Gasteiger partial charge in [-0.25, -0.2) is 4.39 Å². The lowest BCUT2D eigenvalue weighted by Crippen LogP contribution is -2.49. The van der Waals surface area contributed by atoms with Gasteiger partial charge in [0.1, 0.15) is 5.82 Å². The molecule has 1 aliphatic heterocycles. The Morgan fingerprint density at radius 2 is 1.49 bits per heavy atom. The normalized spacial score (nSPS) is 13.7. The van der Waals surface area contributed by atoms with Gasteiger partial charge in [-0.3, -0.25) is 9.36 Å². The molecule has 2 heterocycles. The summed E-state index contributed by atoms with van der Waals surface area (Å²) in [4.78, 5) is 17.2. The standard InChI is InChI=1S/C27H26FN5OS/c28-23-13-11-22(12-14-23)26-29-30-27(33(26)19-21-7-3-1-4-8-21)35-20-25(34)32-17-15-31(16-18-32)24-9-5-2-6-10-24/h1-14H,15-20H2. The Balaban J connectivity index is 1.27. The number of aromatic nitrogens is 3. The van der Waals surface area contributed by atoms with Crippen LogP contribution in [0.2, 0.25) is 0 Å². The minimum absolute atomic E-state index is 0.0975. The molecule has 0 bridgehead atoms. The molecular weight excluding hydrogens is 461 g/mol. The number of benzene rings is 3. The lowest BCUT2D eigenvalue weighted by atomic mass is 10.2. The quantitative estimate of drug-likeness (QED) is 0.358. The summed E-state index contributed by atoms with van der Waals surface area (Å²) >= 11 is 1.39. The van der Waals surface area contributed by atoms with Gasteiger partial charge in [-0.05, 0) is 42.0 Å². The van der Waals surface area contributed by atoms with Gasteiger partial charge in [0.2, 0.25) is 5.91 Å². The van der Waals surface area contributed by atoms with Crippen molar-refractivity contribution in [1.29, 1.82) is 0 Å². The first kappa shape index (κ1) is 23.1. The summed E-state index contributed by atoms with van der Waals surface area (Å²) in [6.07, 6.45) is 0. The fourth-order valence-electron chi connectivity index (χ4n) is 4.19. The molecule has 1 fully saturated rings. The van der Waals surface area contributed by atoms with E-state index in [0.717, 1.165) is 24.2 Å². The first-order valence-corrected chi connectivity index (χ1v) is 12.6. The van der Waals surface area contributed by atoms with Crippen molar-refractivity contribution < 1.29 is 9.18 Å². The van der Waals surface area contributed by atoms with E-state index in [1.54, 1.807) is 12.1 Å². The van der Waals surface area contributed by atoms with Gasteiger partial charge in [0, 0.05) is 37.4 Å². The zero-order chi connectivity index (χ0) is 24.0. The number of rotatable bonds is 7. The van der Waals surface area contributed by atoms with Crippen LogP contribution in [0.5, 0.6) is 0 Å². The molecule has 0 saturated carbocycles. The maximum absolute atomic E-state index is 13.5. The average molecular weight is 488 g/mol. The molecule has 35 heavy (non-hydrogen) atoms. The lowest BCUT2D eigenvalue weighted by molar-refractivity contribution is -0.128. The molecule has 0 unspecified atom stereocenters. The lowest BCUT2D eigenvalue weighted by Gasteiger charge is -2.36. The molecular formula is C27H26FN5OS. The third kappa shape index (κ3) is 5.54. The number of carbonyl (C=O) groups excluding carboxylic acids is 1. The van der Waals surface area contributed by atoms with Crippen molar-refractivity contribution in [2.75, 3.05) is 36.8 Å². The van der Waals surface area contributed by atoms with Gasteiger partial charge in [-0.15, -0.1) is 10.2 Å². The molecule has 8 heteroatoms. The number of hydrogen-bond donors (Lipinski definition) is 0. The molecule has 1 saturated heterocycles. The van der Waals surface area contributed by atoms with E-state index in [1.165, 1.54) is 29.6 Å². The second kappa shape index (κ2) is 10.7. The predicted molar refractivity (Wildman–Crippen MR) is 137 cm³/mol. The third-order valence-electron chi connectivity index (χ3n) is 6.08. The summed E-state index contributed by atoms with van der Waals surface area (Å²) in [5.74, 6) is 0.748. The van der Waals surface area contributed by atoms with E-state index >= 15 is 0 Å². The van der Waals surface area contributed by atoms with Crippen LogP contribution in [-0.4, -0.2) is 57.5 Å². The second-order valence-corrected chi connectivity index (χ2v) is 9.32. The molecule has 6 nitrogen and oxygen atoms in total. The molecule has 178 valence electrons. The summed E-state index contributed by atoms with van der Waals surface area (Å²) in [6, 6.07) is 26.6. The van der Waals surface area contributed by atoms with Crippen LogP contribution in [0.4, 0.5) is 10.1 Å². The Bertz CT molecular complexity index is 1260. The average Bonchev–Trinajstić information content (AvgIpc) is 3.31. The van der Waals surface area contributed by atoms with Crippen LogP contribution >= 0.6 is 11.8 Å². The SMILES string of the molecule is O=C(CSc1nnc(-c2ccc(F)cc2)n1Cc1ccccc1)N1CCN(c2ccccc2)CC1. The van der Waals surface area contributed by atoms with Gasteiger partial charge in [-0.1, -0.05) is 60.3 Å². The second-order valence-electron chi connectivity index (χ2n) is 8.38. The summed E-state index contributed by atoms with van der Waals surface area (Å²) in [7, 11) is 0. The molecule has 0 spiro atoms. The highest BCUT2D eigenvalue weighted by Gasteiger charge is 2.23. The van der Waals surface area contributed by atoms with Crippen molar-refractivity contribution >= 4 is 23.4 Å². The van der Waals surface area contributed by atoms with E-state index in [4.69, 9.17) is 0 Å². The van der Waals surface area contributed by atoms with Crippen molar-refractivity contribution in [2.24, 2.45) is 0 Å². The first-order chi connectivity index (χ1) is 17.2. The number of para-hydroxylation sites is 1. The summed E-state index contributed by atoms with van der Waals surface area (Å²) in [5, 5.41) is 9.44. The Labute approximate surface area is 208 Å². The van der Waals surface area contributed by atoms with Crippen LogP contribution in [0.15, 0.2) is 90.1 Å². The van der Waals surface area contributed by atoms with Crippen molar-refractivity contribution in [3.05, 3.63) is 96.3 Å². The summed E-state index contributed by atoms with van der Waals surface area (Å²) in [6.45, 7) is 3.60. The number of anilines is 1. The van der Waals surface area contributed by atoms with Gasteiger partial charge in [-0.2, -0.15) is 0 Å². The van der Waals surface area contributed by atoms with Gasteiger partial charge in [0.15, 0.2) is 11.0 Å². The fraction of sp³-hybridized carbons (Fsp3) is 0.222. The molecule has 5 rings (SSSR count). The van der Waals surface area contributed by atoms with Gasteiger partial charge in [0.05, 0.1) is 12.3 Å². The highest BCUT2D eigenvalue weighted by molar-refractivity contribution is 7.99. The maximum atomic E-state index is 13.5. The number of amides is 1. The minimum atomic E-state index is -0.296. The zero-order valence-electron chi connectivity index (χ0n) is 19.3. The number of hydrogen-bond acceptors (Lipinski definition) is 5. The molecule has 0 N–H and O–H groups in total. The van der Waals surface area contributed by atoms with Gasteiger partial charge >= 0.3 is 0 Å². The van der Waals surface area contributed by atoms with Gasteiger partial charge < -0.3 is 9.80 Å². The highest BCUT2D eigenvalue weighted by atomic mass is 32.2. The van der Waals surface area contributed by atoms with Crippen molar-refractivity contribution in [3.8, 4) is 11.4 Å². The van der Waals surface area contributed by atoms with E-state index in [0.29, 0.717) is 36.4 Å². The van der Waals surface area contributed by atoms with Crippen LogP contribution in [0.25, 0.3) is 11.4 Å². The van der Waals surface area contributed by atoms with E-state index in [2.05, 4.69) is 27.2 Å². The number of carbonyl (C=O) groups is 1. The fourth-order valence-corrected chi connectivity index (χ4v) is 5.03. The Morgan fingerprint density at radius 1 is 0.829 bits per heavy atom. The molecule has 0 aliphatic carbocycles. The number of nitrogens with zero attached hydrogens (tertiary/aromatic N) is 5.